The van der Waals surface area contributed by atoms with E-state index in [9.17, 15) is 12.8 Å². The molecule has 4 rings (SSSR count). The molecular weight excluding hydrogens is 397 g/mol. The number of hydrogen-bond donors (Lipinski definition) is 3. The molecule has 0 saturated heterocycles. The number of halogens is 1. The molecule has 0 radical (unpaired) electrons. The Morgan fingerprint density at radius 1 is 1.14 bits per heavy atom. The van der Waals surface area contributed by atoms with Crippen LogP contribution < -0.4 is 15.2 Å². The zero-order chi connectivity index (χ0) is 20.6. The summed E-state index contributed by atoms with van der Waals surface area (Å²) in [6, 6.07) is 11.9. The van der Waals surface area contributed by atoms with E-state index >= 15 is 0 Å². The fraction of sp³-hybridized carbons (Fsp3) is 0.0526. The molecule has 2 heterocycles. The third kappa shape index (κ3) is 3.57. The van der Waals surface area contributed by atoms with Gasteiger partial charge in [0.05, 0.1) is 23.7 Å². The minimum atomic E-state index is -4.13. The number of pyridine rings is 1. The first-order chi connectivity index (χ1) is 13.9. The molecule has 29 heavy (non-hydrogen) atoms. The highest BCUT2D eigenvalue weighted by Gasteiger charge is 2.20. The van der Waals surface area contributed by atoms with Gasteiger partial charge < -0.3 is 10.5 Å². The Morgan fingerprint density at radius 3 is 2.62 bits per heavy atom. The normalized spacial score (nSPS) is 11.5. The van der Waals surface area contributed by atoms with E-state index in [4.69, 9.17) is 10.5 Å². The van der Waals surface area contributed by atoms with Gasteiger partial charge in [0.1, 0.15) is 16.5 Å². The lowest BCUT2D eigenvalue weighted by molar-refractivity contribution is 0.411. The van der Waals surface area contributed by atoms with Crippen molar-refractivity contribution < 1.29 is 17.5 Å². The monoisotopic (exact) mass is 413 g/mol. The van der Waals surface area contributed by atoms with Crippen molar-refractivity contribution in [3.63, 3.8) is 0 Å². The number of nitrogen functional groups attached to an aromatic ring is 1. The highest BCUT2D eigenvalue weighted by atomic mass is 32.2. The second-order valence-corrected chi connectivity index (χ2v) is 7.85. The minimum absolute atomic E-state index is 0.239. The van der Waals surface area contributed by atoms with Gasteiger partial charge in [0.2, 0.25) is 0 Å². The van der Waals surface area contributed by atoms with E-state index in [0.29, 0.717) is 11.5 Å². The lowest BCUT2D eigenvalue weighted by atomic mass is 10.1. The van der Waals surface area contributed by atoms with Gasteiger partial charge in [-0.3, -0.25) is 14.8 Å². The Morgan fingerprint density at radius 2 is 1.90 bits per heavy atom. The van der Waals surface area contributed by atoms with Crippen molar-refractivity contribution in [2.75, 3.05) is 17.6 Å². The molecular formula is C19H16FN5O3S. The SMILES string of the molecule is COc1ccc(F)c(S(=O)(=O)Nc2ccc(-c3cc4[nH]nc(N)c4cn3)cc2)c1. The van der Waals surface area contributed by atoms with Crippen LogP contribution in [0.15, 0.2) is 59.6 Å². The maximum Gasteiger partial charge on any atom is 0.264 e. The molecule has 0 spiro atoms. The summed E-state index contributed by atoms with van der Waals surface area (Å²) in [6.07, 6.45) is 1.62. The van der Waals surface area contributed by atoms with Gasteiger partial charge in [0, 0.05) is 23.5 Å². The Balaban J connectivity index is 1.60. The molecule has 0 bridgehead atoms. The van der Waals surface area contributed by atoms with Crippen molar-refractivity contribution in [1.82, 2.24) is 15.2 Å². The van der Waals surface area contributed by atoms with Gasteiger partial charge in [0.15, 0.2) is 5.82 Å². The molecule has 0 aliphatic carbocycles. The van der Waals surface area contributed by atoms with Crippen LogP contribution in [0.1, 0.15) is 0 Å². The number of nitrogens with two attached hydrogens (primary N) is 1. The van der Waals surface area contributed by atoms with Crippen molar-refractivity contribution in [3.8, 4) is 17.0 Å². The van der Waals surface area contributed by atoms with Crippen LogP contribution in [0.3, 0.4) is 0 Å². The van der Waals surface area contributed by atoms with Crippen molar-refractivity contribution in [2.24, 2.45) is 0 Å². The van der Waals surface area contributed by atoms with Crippen LogP contribution in [0.25, 0.3) is 22.2 Å². The smallest absolute Gasteiger partial charge is 0.264 e. The van der Waals surface area contributed by atoms with Crippen LogP contribution in [0.5, 0.6) is 5.75 Å². The van der Waals surface area contributed by atoms with Gasteiger partial charge in [-0.05, 0) is 30.3 Å². The van der Waals surface area contributed by atoms with Gasteiger partial charge >= 0.3 is 0 Å². The number of hydrogen-bond acceptors (Lipinski definition) is 6. The Labute approximate surface area is 165 Å². The van der Waals surface area contributed by atoms with Crippen LogP contribution in [-0.4, -0.2) is 30.7 Å². The van der Waals surface area contributed by atoms with Gasteiger partial charge in [-0.1, -0.05) is 12.1 Å². The molecule has 148 valence electrons. The lowest BCUT2D eigenvalue weighted by Gasteiger charge is -2.11. The molecule has 2 aromatic carbocycles. The minimum Gasteiger partial charge on any atom is -0.497 e. The molecule has 0 unspecified atom stereocenters. The van der Waals surface area contributed by atoms with E-state index < -0.39 is 20.7 Å². The average Bonchev–Trinajstić information content (AvgIpc) is 3.09. The van der Waals surface area contributed by atoms with E-state index in [1.54, 1.807) is 36.5 Å². The molecule has 0 fully saturated rings. The third-order valence-electron chi connectivity index (χ3n) is 4.34. The summed E-state index contributed by atoms with van der Waals surface area (Å²) < 4.78 is 46.5. The van der Waals surface area contributed by atoms with Gasteiger partial charge in [-0.25, -0.2) is 12.8 Å². The molecule has 0 saturated carbocycles. The molecule has 8 nitrogen and oxygen atoms in total. The summed E-state index contributed by atoms with van der Waals surface area (Å²) >= 11 is 0. The fourth-order valence-corrected chi connectivity index (χ4v) is 3.98. The third-order valence-corrected chi connectivity index (χ3v) is 5.73. The lowest BCUT2D eigenvalue weighted by Crippen LogP contribution is -2.14. The number of fused-ring (bicyclic) bond motifs is 1. The van der Waals surface area contributed by atoms with Gasteiger partial charge in [0.25, 0.3) is 10.0 Å². The average molecular weight is 413 g/mol. The first-order valence-corrected chi connectivity index (χ1v) is 9.92. The fourth-order valence-electron chi connectivity index (χ4n) is 2.83. The number of aromatic amines is 1. The number of sulfonamides is 1. The zero-order valence-electron chi connectivity index (χ0n) is 15.2. The Hall–Kier alpha value is -3.66. The van der Waals surface area contributed by atoms with Crippen molar-refractivity contribution >= 4 is 32.4 Å². The maximum absolute atomic E-state index is 14.0. The summed E-state index contributed by atoms with van der Waals surface area (Å²) in [5.74, 6) is -0.261. The Bertz CT molecular complexity index is 1300. The quantitative estimate of drug-likeness (QED) is 0.462. The summed E-state index contributed by atoms with van der Waals surface area (Å²) in [4.78, 5) is 3.86. The van der Waals surface area contributed by atoms with Crippen molar-refractivity contribution in [1.29, 1.82) is 0 Å². The number of aromatic nitrogens is 3. The zero-order valence-corrected chi connectivity index (χ0v) is 16.0. The largest absolute Gasteiger partial charge is 0.497 e. The van der Waals surface area contributed by atoms with Crippen LogP contribution >= 0.6 is 0 Å². The van der Waals surface area contributed by atoms with E-state index in [0.717, 1.165) is 28.6 Å². The maximum atomic E-state index is 14.0. The number of nitrogens with one attached hydrogen (secondary N) is 2. The number of benzene rings is 2. The number of nitrogens with zero attached hydrogens (tertiary/aromatic N) is 2. The second-order valence-electron chi connectivity index (χ2n) is 6.20. The predicted molar refractivity (Wildman–Crippen MR) is 107 cm³/mol. The van der Waals surface area contributed by atoms with Crippen molar-refractivity contribution in [3.05, 3.63) is 60.5 Å². The molecule has 4 N–H and O–H groups in total. The van der Waals surface area contributed by atoms with E-state index in [2.05, 4.69) is 19.9 Å². The van der Waals surface area contributed by atoms with Crippen LogP contribution in [-0.2, 0) is 10.0 Å². The predicted octanol–water partition coefficient (Wildman–Crippen LogP) is 3.16. The topological polar surface area (TPSA) is 123 Å². The molecule has 0 aliphatic rings. The van der Waals surface area contributed by atoms with Crippen molar-refractivity contribution in [2.45, 2.75) is 4.90 Å². The number of rotatable bonds is 5. The second kappa shape index (κ2) is 7.06. The standard InChI is InChI=1S/C19H16FN5O3S/c1-28-13-6-7-15(20)18(8-13)29(26,27)25-12-4-2-11(3-5-12)16-9-17-14(10-22-16)19(21)24-23-17/h2-10,25H,1H3,(H3,21,23,24). The molecule has 0 amide bonds. The molecule has 0 atom stereocenters. The van der Waals surface area contributed by atoms with Crippen LogP contribution in [0.4, 0.5) is 15.9 Å². The van der Waals surface area contributed by atoms with E-state index in [1.807, 2.05) is 0 Å². The summed E-state index contributed by atoms with van der Waals surface area (Å²) in [7, 11) is -2.75. The highest BCUT2D eigenvalue weighted by molar-refractivity contribution is 7.92. The summed E-state index contributed by atoms with van der Waals surface area (Å²) in [5.41, 5.74) is 8.18. The molecule has 2 aromatic heterocycles. The van der Waals surface area contributed by atoms with Crippen LogP contribution in [0, 0.1) is 5.82 Å². The van der Waals surface area contributed by atoms with E-state index in [1.165, 1.54) is 13.2 Å². The molecule has 4 aromatic rings. The first-order valence-electron chi connectivity index (χ1n) is 8.44. The van der Waals surface area contributed by atoms with E-state index in [-0.39, 0.29) is 11.4 Å². The number of methoxy groups -OCH3 is 1. The van der Waals surface area contributed by atoms with Gasteiger partial charge in [-0.2, -0.15) is 5.10 Å². The summed E-state index contributed by atoms with van der Waals surface area (Å²) in [6.45, 7) is 0. The molecule has 10 heteroatoms. The Kier molecular flexibility index (Phi) is 4.55. The van der Waals surface area contributed by atoms with Gasteiger partial charge in [-0.15, -0.1) is 0 Å². The number of ether oxygens (including phenoxy) is 1. The highest BCUT2D eigenvalue weighted by Crippen LogP contribution is 2.27. The molecule has 0 aliphatic heterocycles. The number of anilines is 2. The first kappa shape index (κ1) is 18.7. The van der Waals surface area contributed by atoms with Crippen LogP contribution in [0.2, 0.25) is 0 Å². The summed E-state index contributed by atoms with van der Waals surface area (Å²) in [5, 5.41) is 7.47. The number of H-pyrrole nitrogens is 1.